The lowest BCUT2D eigenvalue weighted by Crippen LogP contribution is -2.43. The number of nitrogens with zero attached hydrogens (tertiary/aromatic N) is 2. The first-order valence-corrected chi connectivity index (χ1v) is 8.92. The number of carbonyl (C=O) groups is 1. The molecule has 0 aliphatic heterocycles. The molecule has 0 radical (unpaired) electrons. The predicted octanol–water partition coefficient (Wildman–Crippen LogP) is 2.31. The maximum Gasteiger partial charge on any atom is 0.320 e. The van der Waals surface area contributed by atoms with Crippen LogP contribution in [0.25, 0.3) is 0 Å². The van der Waals surface area contributed by atoms with E-state index in [0.29, 0.717) is 6.54 Å². The zero-order chi connectivity index (χ0) is 16.9. The first-order valence-electron chi connectivity index (χ1n) is 7.10. The van der Waals surface area contributed by atoms with E-state index in [2.05, 4.69) is 0 Å². The summed E-state index contributed by atoms with van der Waals surface area (Å²) < 4.78 is 27.3. The average molecular weight is 328 g/mol. The molecule has 7 heteroatoms. The maximum atomic E-state index is 12.3. The number of urea groups is 1. The molecule has 0 aromatic heterocycles. The van der Waals surface area contributed by atoms with Crippen LogP contribution in [-0.2, 0) is 16.7 Å². The van der Waals surface area contributed by atoms with E-state index in [1.165, 1.54) is 4.90 Å². The van der Waals surface area contributed by atoms with Gasteiger partial charge in [-0.1, -0.05) is 19.1 Å². The molecular weight excluding hydrogens is 304 g/mol. The molecule has 0 spiro atoms. The van der Waals surface area contributed by atoms with Crippen molar-refractivity contribution in [2.24, 2.45) is 0 Å². The lowest BCUT2D eigenvalue weighted by Gasteiger charge is -2.31. The summed E-state index contributed by atoms with van der Waals surface area (Å²) in [4.78, 5) is 15.6. The number of rotatable bonds is 6. The van der Waals surface area contributed by atoms with Crippen LogP contribution in [0.4, 0.5) is 4.79 Å². The molecule has 0 aliphatic rings. The van der Waals surface area contributed by atoms with Crippen molar-refractivity contribution in [3.63, 3.8) is 0 Å². The molecule has 1 aromatic rings. The van der Waals surface area contributed by atoms with Crippen LogP contribution >= 0.6 is 0 Å². The van der Waals surface area contributed by atoms with Crippen LogP contribution in [0.2, 0.25) is 0 Å². The Morgan fingerprint density at radius 1 is 1.32 bits per heavy atom. The Bertz CT molecular complexity index is 614. The Balaban J connectivity index is 2.98. The van der Waals surface area contributed by atoms with Crippen molar-refractivity contribution in [3.8, 4) is 5.75 Å². The third kappa shape index (κ3) is 5.55. The summed E-state index contributed by atoms with van der Waals surface area (Å²) in [6.07, 6.45) is 1.83. The third-order valence-electron chi connectivity index (χ3n) is 3.25. The lowest BCUT2D eigenvalue weighted by atomic mass is 10.1. The first kappa shape index (κ1) is 18.3. The fraction of sp³-hybridized carbons (Fsp3) is 0.533. The minimum atomic E-state index is -3.56. The van der Waals surface area contributed by atoms with Gasteiger partial charge < -0.3 is 14.0 Å². The van der Waals surface area contributed by atoms with E-state index in [4.69, 9.17) is 4.18 Å². The van der Waals surface area contributed by atoms with E-state index >= 15 is 0 Å². The van der Waals surface area contributed by atoms with Gasteiger partial charge in [0.15, 0.2) is 0 Å². The Labute approximate surface area is 132 Å². The van der Waals surface area contributed by atoms with Crippen molar-refractivity contribution in [3.05, 3.63) is 29.8 Å². The van der Waals surface area contributed by atoms with Gasteiger partial charge in [0, 0.05) is 26.7 Å². The fourth-order valence-corrected chi connectivity index (χ4v) is 2.41. The molecule has 0 unspecified atom stereocenters. The summed E-state index contributed by atoms with van der Waals surface area (Å²) in [5, 5.41) is 0. The monoisotopic (exact) mass is 328 g/mol. The van der Waals surface area contributed by atoms with E-state index in [9.17, 15) is 13.2 Å². The number of amides is 2. The van der Waals surface area contributed by atoms with E-state index in [-0.39, 0.29) is 17.8 Å². The van der Waals surface area contributed by atoms with Crippen molar-refractivity contribution in [1.29, 1.82) is 0 Å². The number of hydrogen-bond donors (Lipinski definition) is 0. The van der Waals surface area contributed by atoms with Crippen LogP contribution in [0.15, 0.2) is 24.3 Å². The molecule has 0 bridgehead atoms. The molecule has 22 heavy (non-hydrogen) atoms. The van der Waals surface area contributed by atoms with Gasteiger partial charge in [-0.05, 0) is 31.0 Å². The van der Waals surface area contributed by atoms with Crippen LogP contribution in [-0.4, -0.2) is 50.6 Å². The van der Waals surface area contributed by atoms with Gasteiger partial charge in [0.1, 0.15) is 5.75 Å². The summed E-state index contributed by atoms with van der Waals surface area (Å²) in [5.74, 6) is 0.251. The van der Waals surface area contributed by atoms with Gasteiger partial charge in [-0.2, -0.15) is 8.42 Å². The Kier molecular flexibility index (Phi) is 6.22. The second-order valence-electron chi connectivity index (χ2n) is 5.50. The van der Waals surface area contributed by atoms with Gasteiger partial charge in [-0.25, -0.2) is 4.79 Å². The average Bonchev–Trinajstić information content (AvgIpc) is 2.41. The van der Waals surface area contributed by atoms with Gasteiger partial charge in [0.25, 0.3) is 0 Å². The highest BCUT2D eigenvalue weighted by atomic mass is 32.2. The SMILES string of the molecule is CC[C@@H](C)N(Cc1cccc(OS(C)(=O)=O)c1)C(=O)N(C)C. The minimum Gasteiger partial charge on any atom is -0.383 e. The van der Waals surface area contributed by atoms with Crippen molar-refractivity contribution >= 4 is 16.1 Å². The van der Waals surface area contributed by atoms with Crippen LogP contribution in [0, 0.1) is 0 Å². The quantitative estimate of drug-likeness (QED) is 0.752. The Morgan fingerprint density at radius 2 is 1.95 bits per heavy atom. The summed E-state index contributed by atoms with van der Waals surface area (Å²) in [5.41, 5.74) is 0.816. The van der Waals surface area contributed by atoms with Crippen LogP contribution in [0.3, 0.4) is 0 Å². The topological polar surface area (TPSA) is 66.9 Å². The highest BCUT2D eigenvalue weighted by Gasteiger charge is 2.21. The zero-order valence-corrected chi connectivity index (χ0v) is 14.6. The second kappa shape index (κ2) is 7.49. The van der Waals surface area contributed by atoms with E-state index in [1.807, 2.05) is 19.9 Å². The van der Waals surface area contributed by atoms with E-state index in [1.54, 1.807) is 37.2 Å². The highest BCUT2D eigenvalue weighted by Crippen LogP contribution is 2.18. The molecule has 124 valence electrons. The lowest BCUT2D eigenvalue weighted by molar-refractivity contribution is 0.148. The van der Waals surface area contributed by atoms with Crippen molar-refractivity contribution in [1.82, 2.24) is 9.80 Å². The molecule has 0 heterocycles. The summed E-state index contributed by atoms with van der Waals surface area (Å²) in [6.45, 7) is 4.40. The molecule has 0 aliphatic carbocycles. The molecule has 1 rings (SSSR count). The largest absolute Gasteiger partial charge is 0.383 e. The highest BCUT2D eigenvalue weighted by molar-refractivity contribution is 7.86. The number of benzene rings is 1. The first-order chi connectivity index (χ1) is 10.1. The molecule has 1 aromatic carbocycles. The summed E-state index contributed by atoms with van der Waals surface area (Å²) in [7, 11) is -0.143. The minimum absolute atomic E-state index is 0.0781. The van der Waals surface area contributed by atoms with Gasteiger partial charge in [0.05, 0.1) is 6.26 Å². The standard InChI is InChI=1S/C15H24N2O4S/c1-6-12(2)17(15(18)16(3)4)11-13-8-7-9-14(10-13)21-22(5,19)20/h7-10,12H,6,11H2,1-5H3/t12-/m1/s1. The molecule has 6 nitrogen and oxygen atoms in total. The summed E-state index contributed by atoms with van der Waals surface area (Å²) >= 11 is 0. The van der Waals surface area contributed by atoms with Crippen molar-refractivity contribution in [2.75, 3.05) is 20.4 Å². The van der Waals surface area contributed by atoms with Gasteiger partial charge >= 0.3 is 16.1 Å². The third-order valence-corrected chi connectivity index (χ3v) is 3.75. The van der Waals surface area contributed by atoms with Crippen LogP contribution in [0.5, 0.6) is 5.75 Å². The number of hydrogen-bond acceptors (Lipinski definition) is 4. The zero-order valence-electron chi connectivity index (χ0n) is 13.7. The molecule has 0 saturated carbocycles. The van der Waals surface area contributed by atoms with E-state index < -0.39 is 10.1 Å². The number of carbonyl (C=O) groups excluding carboxylic acids is 1. The van der Waals surface area contributed by atoms with Crippen molar-refractivity contribution < 1.29 is 17.4 Å². The molecule has 2 amide bonds. The molecule has 0 fully saturated rings. The van der Waals surface area contributed by atoms with Gasteiger partial charge in [-0.15, -0.1) is 0 Å². The van der Waals surface area contributed by atoms with Crippen LogP contribution < -0.4 is 4.18 Å². The Morgan fingerprint density at radius 3 is 2.45 bits per heavy atom. The molecule has 0 N–H and O–H groups in total. The normalized spacial score (nSPS) is 12.6. The Hall–Kier alpha value is -1.76. The van der Waals surface area contributed by atoms with E-state index in [0.717, 1.165) is 18.2 Å². The van der Waals surface area contributed by atoms with Crippen molar-refractivity contribution in [2.45, 2.75) is 32.9 Å². The predicted molar refractivity (Wildman–Crippen MR) is 86.3 cm³/mol. The molecule has 1 atom stereocenters. The molecular formula is C15H24N2O4S. The summed E-state index contributed by atoms with van der Waals surface area (Å²) in [6, 6.07) is 6.77. The second-order valence-corrected chi connectivity index (χ2v) is 7.07. The smallest absolute Gasteiger partial charge is 0.320 e. The van der Waals surface area contributed by atoms with Gasteiger partial charge in [-0.3, -0.25) is 0 Å². The van der Waals surface area contributed by atoms with Crippen LogP contribution in [0.1, 0.15) is 25.8 Å². The molecule has 0 saturated heterocycles. The fourth-order valence-electron chi connectivity index (χ4n) is 1.96. The maximum absolute atomic E-state index is 12.3. The van der Waals surface area contributed by atoms with Gasteiger partial charge in [0.2, 0.25) is 0 Å².